The van der Waals surface area contributed by atoms with Crippen molar-refractivity contribution in [2.75, 3.05) is 19.5 Å². The summed E-state index contributed by atoms with van der Waals surface area (Å²) in [7, 11) is -2.07. The summed E-state index contributed by atoms with van der Waals surface area (Å²) in [5.41, 5.74) is 0.368. The maximum atomic E-state index is 12.1. The summed E-state index contributed by atoms with van der Waals surface area (Å²) in [5.74, 6) is -1.11. The number of amides is 1. The Kier molecular flexibility index (Phi) is 4.24. The van der Waals surface area contributed by atoms with Crippen LogP contribution in [0.3, 0.4) is 0 Å². The summed E-state index contributed by atoms with van der Waals surface area (Å²) in [5, 5.41) is -0.841. The molecule has 1 unspecified atom stereocenters. The highest BCUT2D eigenvalue weighted by molar-refractivity contribution is 7.92. The molecule has 0 saturated carbocycles. The van der Waals surface area contributed by atoms with Crippen molar-refractivity contribution in [1.82, 2.24) is 4.90 Å². The van der Waals surface area contributed by atoms with E-state index >= 15 is 0 Å². The van der Waals surface area contributed by atoms with Gasteiger partial charge in [-0.15, -0.1) is 0 Å². The zero-order chi connectivity index (χ0) is 15.8. The second-order valence-corrected chi connectivity index (χ2v) is 6.99. The fourth-order valence-electron chi connectivity index (χ4n) is 2.34. The Balaban J connectivity index is 2.30. The highest BCUT2D eigenvalue weighted by Gasteiger charge is 2.51. The van der Waals surface area contributed by atoms with E-state index in [1.54, 1.807) is 0 Å². The van der Waals surface area contributed by atoms with Gasteiger partial charge in [-0.25, -0.2) is 8.42 Å². The maximum Gasteiger partial charge on any atom is 0.305 e. The van der Waals surface area contributed by atoms with Crippen LogP contribution < -0.4 is 0 Å². The quantitative estimate of drug-likeness (QED) is 0.391. The lowest BCUT2D eigenvalue weighted by molar-refractivity contribution is -0.166. The first-order valence-corrected chi connectivity index (χ1v) is 8.06. The summed E-state index contributed by atoms with van der Waals surface area (Å²) < 4.78 is 39.4. The molecule has 9 heteroatoms. The fourth-order valence-corrected chi connectivity index (χ4v) is 4.10. The van der Waals surface area contributed by atoms with Gasteiger partial charge in [0.25, 0.3) is 0 Å². The molecule has 1 saturated heterocycles. The van der Waals surface area contributed by atoms with Crippen LogP contribution >= 0.6 is 0 Å². The van der Waals surface area contributed by atoms with Gasteiger partial charge >= 0.3 is 5.97 Å². The lowest BCUT2D eigenvalue weighted by Gasteiger charge is -2.44. The van der Waals surface area contributed by atoms with Crippen LogP contribution in [0.4, 0.5) is 0 Å². The second kappa shape index (κ2) is 5.64. The van der Waals surface area contributed by atoms with E-state index in [4.69, 9.17) is 14.2 Å². The van der Waals surface area contributed by atoms with E-state index in [9.17, 15) is 18.0 Å². The highest BCUT2D eigenvalue weighted by Crippen LogP contribution is 2.36. The number of carbonyl (C=O) groups excluding carboxylic acids is 2. The molecule has 2 aliphatic rings. The third-order valence-corrected chi connectivity index (χ3v) is 5.06. The number of fused-ring (bicyclic) bond motifs is 1. The molecular weight excluding hydrogens is 302 g/mol. The Labute approximate surface area is 122 Å². The van der Waals surface area contributed by atoms with Crippen LogP contribution in [-0.4, -0.2) is 56.3 Å². The van der Waals surface area contributed by atoms with Crippen LogP contribution in [0, 0.1) is 0 Å². The molecule has 0 aliphatic carbocycles. The standard InChI is InChI=1S/C12H17NO7S/c1-7(14)19-8(2)20-10-6-21(16,17)12-4-11(15)13(12)9(10)5-18-3/h8,12H,4-6H2,1-3H3/t8?,12-/m0/s1. The van der Waals surface area contributed by atoms with E-state index < -0.39 is 27.5 Å². The Morgan fingerprint density at radius 1 is 1.48 bits per heavy atom. The van der Waals surface area contributed by atoms with Gasteiger partial charge in [-0.05, 0) is 0 Å². The number of rotatable bonds is 5. The normalized spacial score (nSPS) is 25.0. The minimum Gasteiger partial charge on any atom is -0.456 e. The van der Waals surface area contributed by atoms with Gasteiger partial charge in [-0.3, -0.25) is 14.5 Å². The molecule has 2 atom stereocenters. The Hall–Kier alpha value is -1.61. The van der Waals surface area contributed by atoms with Crippen LogP contribution in [-0.2, 0) is 33.6 Å². The summed E-state index contributed by atoms with van der Waals surface area (Å²) in [4.78, 5) is 23.7. The van der Waals surface area contributed by atoms with Gasteiger partial charge in [0, 0.05) is 21.0 Å². The van der Waals surface area contributed by atoms with Crippen molar-refractivity contribution in [3.05, 3.63) is 11.5 Å². The number of methoxy groups -OCH3 is 1. The molecule has 0 radical (unpaired) electrons. The van der Waals surface area contributed by atoms with Crippen molar-refractivity contribution in [2.24, 2.45) is 0 Å². The first-order chi connectivity index (χ1) is 9.76. The number of sulfone groups is 1. The number of carbonyl (C=O) groups is 2. The molecule has 1 fully saturated rings. The van der Waals surface area contributed by atoms with Gasteiger partial charge < -0.3 is 14.2 Å². The Morgan fingerprint density at radius 2 is 2.14 bits per heavy atom. The van der Waals surface area contributed by atoms with Crippen molar-refractivity contribution in [3.8, 4) is 0 Å². The number of esters is 1. The van der Waals surface area contributed by atoms with E-state index in [0.29, 0.717) is 5.70 Å². The number of nitrogens with zero attached hydrogens (tertiary/aromatic N) is 1. The Morgan fingerprint density at radius 3 is 2.67 bits per heavy atom. The molecule has 2 heterocycles. The van der Waals surface area contributed by atoms with Gasteiger partial charge in [-0.2, -0.15) is 0 Å². The van der Waals surface area contributed by atoms with E-state index in [1.165, 1.54) is 25.9 Å². The largest absolute Gasteiger partial charge is 0.456 e. The predicted octanol–water partition coefficient (Wildman–Crippen LogP) is -0.243. The van der Waals surface area contributed by atoms with Gasteiger partial charge in [0.1, 0.15) is 16.9 Å². The summed E-state index contributed by atoms with van der Waals surface area (Å²) in [6, 6.07) is 0. The molecule has 0 spiro atoms. The molecule has 2 rings (SSSR count). The van der Waals surface area contributed by atoms with Gasteiger partial charge in [-0.1, -0.05) is 0 Å². The zero-order valence-electron chi connectivity index (χ0n) is 12.0. The van der Waals surface area contributed by atoms with Crippen LogP contribution in [0.15, 0.2) is 11.5 Å². The van der Waals surface area contributed by atoms with E-state index in [-0.39, 0.29) is 30.4 Å². The molecule has 0 aromatic heterocycles. The first kappa shape index (κ1) is 15.8. The summed E-state index contributed by atoms with van der Waals surface area (Å²) in [6.07, 6.45) is -0.977. The van der Waals surface area contributed by atoms with Crippen molar-refractivity contribution in [2.45, 2.75) is 31.9 Å². The van der Waals surface area contributed by atoms with Crippen LogP contribution in [0.1, 0.15) is 20.3 Å². The first-order valence-electron chi connectivity index (χ1n) is 6.34. The SMILES string of the molecule is COCC1=C(OC(C)OC(C)=O)CS(=O)(=O)[C@H]2CC(=O)N12. The minimum absolute atomic E-state index is 0.0255. The molecule has 8 nitrogen and oxygen atoms in total. The third-order valence-electron chi connectivity index (χ3n) is 3.19. The third kappa shape index (κ3) is 3.03. The smallest absolute Gasteiger partial charge is 0.305 e. The molecular formula is C12H17NO7S. The van der Waals surface area contributed by atoms with Crippen LogP contribution in [0.25, 0.3) is 0 Å². The average molecular weight is 319 g/mol. The molecule has 0 N–H and O–H groups in total. The summed E-state index contributed by atoms with van der Waals surface area (Å²) in [6.45, 7) is 2.73. The van der Waals surface area contributed by atoms with Crippen molar-refractivity contribution in [1.29, 1.82) is 0 Å². The van der Waals surface area contributed by atoms with Crippen molar-refractivity contribution < 1.29 is 32.2 Å². The molecule has 118 valence electrons. The van der Waals surface area contributed by atoms with E-state index in [2.05, 4.69) is 0 Å². The fraction of sp³-hybridized carbons (Fsp3) is 0.667. The van der Waals surface area contributed by atoms with E-state index in [1.807, 2.05) is 0 Å². The zero-order valence-corrected chi connectivity index (χ0v) is 12.8. The summed E-state index contributed by atoms with van der Waals surface area (Å²) >= 11 is 0. The number of hydrogen-bond donors (Lipinski definition) is 0. The molecule has 2 aliphatic heterocycles. The Bertz CT molecular complexity index is 595. The maximum absolute atomic E-state index is 12.1. The average Bonchev–Trinajstić information content (AvgIpc) is 2.31. The molecule has 0 aromatic carbocycles. The van der Waals surface area contributed by atoms with Gasteiger partial charge in [0.05, 0.1) is 18.7 Å². The number of β-lactam (4-membered cyclic amide) rings is 1. The lowest BCUT2D eigenvalue weighted by atomic mass is 10.1. The monoisotopic (exact) mass is 319 g/mol. The highest BCUT2D eigenvalue weighted by atomic mass is 32.2. The van der Waals surface area contributed by atoms with Crippen molar-refractivity contribution >= 4 is 21.7 Å². The van der Waals surface area contributed by atoms with Crippen LogP contribution in [0.2, 0.25) is 0 Å². The van der Waals surface area contributed by atoms with E-state index in [0.717, 1.165) is 0 Å². The van der Waals surface area contributed by atoms with Crippen molar-refractivity contribution in [3.63, 3.8) is 0 Å². The second-order valence-electron chi connectivity index (χ2n) is 4.83. The molecule has 21 heavy (non-hydrogen) atoms. The van der Waals surface area contributed by atoms with Crippen LogP contribution in [0.5, 0.6) is 0 Å². The topological polar surface area (TPSA) is 99.2 Å². The number of ether oxygens (including phenoxy) is 3. The molecule has 0 aromatic rings. The lowest BCUT2D eigenvalue weighted by Crippen LogP contribution is -2.60. The number of hydrogen-bond acceptors (Lipinski definition) is 7. The minimum atomic E-state index is -3.51. The predicted molar refractivity (Wildman–Crippen MR) is 70.3 cm³/mol. The van der Waals surface area contributed by atoms with Gasteiger partial charge in [0.2, 0.25) is 12.2 Å². The van der Waals surface area contributed by atoms with Gasteiger partial charge in [0.15, 0.2) is 9.84 Å². The molecule has 1 amide bonds. The molecule has 0 bridgehead atoms.